The van der Waals surface area contributed by atoms with Crippen molar-refractivity contribution < 1.29 is 4.79 Å². The summed E-state index contributed by atoms with van der Waals surface area (Å²) >= 11 is 0. The van der Waals surface area contributed by atoms with Gasteiger partial charge in [-0.25, -0.2) is 4.98 Å². The third kappa shape index (κ3) is 2.87. The van der Waals surface area contributed by atoms with Gasteiger partial charge in [0.15, 0.2) is 0 Å². The highest BCUT2D eigenvalue weighted by molar-refractivity contribution is 6.01. The summed E-state index contributed by atoms with van der Waals surface area (Å²) in [7, 11) is 0. The molecule has 4 heteroatoms. The van der Waals surface area contributed by atoms with Crippen molar-refractivity contribution in [1.29, 1.82) is 0 Å². The lowest BCUT2D eigenvalue weighted by Crippen LogP contribution is -2.31. The molecule has 1 aromatic heterocycles. The number of fused-ring (bicyclic) bond motifs is 1. The van der Waals surface area contributed by atoms with E-state index in [-0.39, 0.29) is 11.9 Å². The highest BCUT2D eigenvalue weighted by Gasteiger charge is 2.33. The number of nitrogens with one attached hydrogen (secondary N) is 1. The van der Waals surface area contributed by atoms with Gasteiger partial charge in [0.05, 0.1) is 17.1 Å². The van der Waals surface area contributed by atoms with Gasteiger partial charge in [0.25, 0.3) is 5.91 Å². The zero-order valence-electron chi connectivity index (χ0n) is 15.5. The topological polar surface area (TPSA) is 49.0 Å². The van der Waals surface area contributed by atoms with Crippen LogP contribution in [0.2, 0.25) is 0 Å². The van der Waals surface area contributed by atoms with Crippen molar-refractivity contribution in [2.75, 3.05) is 6.54 Å². The van der Waals surface area contributed by atoms with Gasteiger partial charge in [-0.05, 0) is 42.2 Å². The number of carbonyl (C=O) groups excluding carboxylic acids is 1. The number of aromatic amines is 1. The number of hydrogen-bond acceptors (Lipinski definition) is 2. The summed E-state index contributed by atoms with van der Waals surface area (Å²) in [6, 6.07) is 26.0. The van der Waals surface area contributed by atoms with Crippen molar-refractivity contribution in [3.8, 4) is 11.1 Å². The summed E-state index contributed by atoms with van der Waals surface area (Å²) in [4.78, 5) is 23.7. The molecule has 1 N–H and O–H groups in total. The minimum absolute atomic E-state index is 0.0104. The molecule has 0 radical (unpaired) electrons. The number of aromatic nitrogens is 2. The molecule has 1 aliphatic rings. The quantitative estimate of drug-likeness (QED) is 0.540. The van der Waals surface area contributed by atoms with E-state index in [0.717, 1.165) is 52.9 Å². The standard InChI is InChI=1S/C24H21N3O/c28-24(19-12-5-4-11-18(19)17-9-2-1-3-10-17)27-16-8-15-22(27)23-25-20-13-6-7-14-21(20)26-23/h1-7,9-14,22H,8,15-16H2,(H,25,26)/t22-/m0/s1. The summed E-state index contributed by atoms with van der Waals surface area (Å²) in [5.41, 5.74) is 4.74. The van der Waals surface area contributed by atoms with Crippen LogP contribution in [0.25, 0.3) is 22.2 Å². The molecule has 1 atom stereocenters. The van der Waals surface area contributed by atoms with Crippen LogP contribution in [0.4, 0.5) is 0 Å². The molecule has 0 unspecified atom stereocenters. The zero-order chi connectivity index (χ0) is 18.9. The molecule has 5 rings (SSSR count). The normalized spacial score (nSPS) is 16.6. The Kier molecular flexibility index (Phi) is 4.17. The Bertz CT molecular complexity index is 1100. The number of rotatable bonds is 3. The van der Waals surface area contributed by atoms with Gasteiger partial charge in [0.1, 0.15) is 5.82 Å². The Morgan fingerprint density at radius 2 is 1.68 bits per heavy atom. The molecule has 4 nitrogen and oxygen atoms in total. The van der Waals surface area contributed by atoms with Gasteiger partial charge in [-0.15, -0.1) is 0 Å². The van der Waals surface area contributed by atoms with Crippen LogP contribution in [-0.4, -0.2) is 27.3 Å². The first kappa shape index (κ1) is 16.8. The number of hydrogen-bond donors (Lipinski definition) is 1. The van der Waals surface area contributed by atoms with Crippen molar-refractivity contribution in [3.05, 3.63) is 90.3 Å². The lowest BCUT2D eigenvalue weighted by atomic mass is 9.98. The Hall–Kier alpha value is -3.40. The van der Waals surface area contributed by atoms with Gasteiger partial charge in [-0.3, -0.25) is 4.79 Å². The van der Waals surface area contributed by atoms with Gasteiger partial charge in [0, 0.05) is 12.1 Å². The Labute approximate surface area is 163 Å². The van der Waals surface area contributed by atoms with E-state index < -0.39 is 0 Å². The maximum absolute atomic E-state index is 13.5. The third-order valence-electron chi connectivity index (χ3n) is 5.48. The number of para-hydroxylation sites is 2. The first-order chi connectivity index (χ1) is 13.8. The monoisotopic (exact) mass is 367 g/mol. The van der Waals surface area contributed by atoms with Crippen LogP contribution in [0.3, 0.4) is 0 Å². The number of benzene rings is 3. The van der Waals surface area contributed by atoms with E-state index in [1.807, 2.05) is 83.8 Å². The van der Waals surface area contributed by atoms with E-state index in [2.05, 4.69) is 4.98 Å². The molecule has 28 heavy (non-hydrogen) atoms. The predicted octanol–water partition coefficient (Wildman–Crippen LogP) is 5.21. The molecular formula is C24H21N3O. The van der Waals surface area contributed by atoms with E-state index in [1.54, 1.807) is 0 Å². The van der Waals surface area contributed by atoms with Crippen LogP contribution in [-0.2, 0) is 0 Å². The van der Waals surface area contributed by atoms with Gasteiger partial charge in [-0.1, -0.05) is 60.7 Å². The fourth-order valence-corrected chi connectivity index (χ4v) is 4.12. The molecule has 3 aromatic carbocycles. The van der Waals surface area contributed by atoms with E-state index in [1.165, 1.54) is 0 Å². The lowest BCUT2D eigenvalue weighted by molar-refractivity contribution is 0.0731. The van der Waals surface area contributed by atoms with Crippen LogP contribution in [0.5, 0.6) is 0 Å². The molecular weight excluding hydrogens is 346 g/mol. The SMILES string of the molecule is O=C(c1ccccc1-c1ccccc1)N1CCC[C@H]1c1nc2ccccc2[nH]1. The van der Waals surface area contributed by atoms with Crippen molar-refractivity contribution in [2.24, 2.45) is 0 Å². The predicted molar refractivity (Wildman–Crippen MR) is 111 cm³/mol. The summed E-state index contributed by atoms with van der Waals surface area (Å²) in [5.74, 6) is 0.951. The van der Waals surface area contributed by atoms with E-state index in [0.29, 0.717) is 0 Å². The maximum Gasteiger partial charge on any atom is 0.255 e. The minimum atomic E-state index is -0.0104. The maximum atomic E-state index is 13.5. The largest absolute Gasteiger partial charge is 0.340 e. The summed E-state index contributed by atoms with van der Waals surface area (Å²) in [5, 5.41) is 0. The van der Waals surface area contributed by atoms with E-state index in [9.17, 15) is 4.79 Å². The molecule has 1 fully saturated rings. The van der Waals surface area contributed by atoms with Crippen molar-refractivity contribution in [2.45, 2.75) is 18.9 Å². The molecule has 1 saturated heterocycles. The summed E-state index contributed by atoms with van der Waals surface area (Å²) in [6.07, 6.45) is 1.92. The Morgan fingerprint density at radius 1 is 0.929 bits per heavy atom. The second-order valence-corrected chi connectivity index (χ2v) is 7.21. The van der Waals surface area contributed by atoms with Gasteiger partial charge in [0.2, 0.25) is 0 Å². The molecule has 0 spiro atoms. The fraction of sp³-hybridized carbons (Fsp3) is 0.167. The van der Waals surface area contributed by atoms with Crippen molar-refractivity contribution in [1.82, 2.24) is 14.9 Å². The van der Waals surface area contributed by atoms with Gasteiger partial charge < -0.3 is 9.88 Å². The average Bonchev–Trinajstić information content (AvgIpc) is 3.40. The van der Waals surface area contributed by atoms with Crippen LogP contribution in [0, 0.1) is 0 Å². The lowest BCUT2D eigenvalue weighted by Gasteiger charge is -2.24. The number of amides is 1. The van der Waals surface area contributed by atoms with Crippen LogP contribution < -0.4 is 0 Å². The Balaban J connectivity index is 1.51. The molecule has 1 amide bonds. The smallest absolute Gasteiger partial charge is 0.255 e. The van der Waals surface area contributed by atoms with Crippen molar-refractivity contribution >= 4 is 16.9 Å². The number of imidazole rings is 1. The molecule has 0 bridgehead atoms. The Morgan fingerprint density at radius 3 is 2.54 bits per heavy atom. The molecule has 0 saturated carbocycles. The van der Waals surface area contributed by atoms with E-state index >= 15 is 0 Å². The second kappa shape index (κ2) is 6.97. The van der Waals surface area contributed by atoms with Crippen molar-refractivity contribution in [3.63, 3.8) is 0 Å². The first-order valence-corrected chi connectivity index (χ1v) is 9.71. The molecule has 2 heterocycles. The molecule has 1 aliphatic heterocycles. The number of H-pyrrole nitrogens is 1. The third-order valence-corrected chi connectivity index (χ3v) is 5.48. The second-order valence-electron chi connectivity index (χ2n) is 7.21. The number of nitrogens with zero attached hydrogens (tertiary/aromatic N) is 2. The van der Waals surface area contributed by atoms with E-state index in [4.69, 9.17) is 4.98 Å². The average molecular weight is 367 g/mol. The highest BCUT2D eigenvalue weighted by Crippen LogP contribution is 2.34. The summed E-state index contributed by atoms with van der Waals surface area (Å²) in [6.45, 7) is 0.754. The fourth-order valence-electron chi connectivity index (χ4n) is 4.12. The number of carbonyl (C=O) groups is 1. The molecule has 0 aliphatic carbocycles. The summed E-state index contributed by atoms with van der Waals surface area (Å²) < 4.78 is 0. The zero-order valence-corrected chi connectivity index (χ0v) is 15.5. The van der Waals surface area contributed by atoms with Gasteiger partial charge >= 0.3 is 0 Å². The molecule has 4 aromatic rings. The minimum Gasteiger partial charge on any atom is -0.340 e. The van der Waals surface area contributed by atoms with Crippen LogP contribution in [0.1, 0.15) is 35.1 Å². The first-order valence-electron chi connectivity index (χ1n) is 9.71. The van der Waals surface area contributed by atoms with Gasteiger partial charge in [-0.2, -0.15) is 0 Å². The highest BCUT2D eigenvalue weighted by atomic mass is 16.2. The molecule has 138 valence electrons. The van der Waals surface area contributed by atoms with Crippen LogP contribution >= 0.6 is 0 Å². The number of likely N-dealkylation sites (tertiary alicyclic amines) is 1. The van der Waals surface area contributed by atoms with Crippen LogP contribution in [0.15, 0.2) is 78.9 Å².